The summed E-state index contributed by atoms with van der Waals surface area (Å²) in [5.41, 5.74) is 3.93. The molecule has 0 bridgehead atoms. The SMILES string of the molecule is Cc1ccc(NC(=O)c2ccc(NC(=O)C3CC3)cc2)c(OCc2ccccc2)c1. The van der Waals surface area contributed by atoms with Gasteiger partial charge in [0.25, 0.3) is 5.91 Å². The van der Waals surface area contributed by atoms with E-state index >= 15 is 0 Å². The average molecular weight is 400 g/mol. The fourth-order valence-corrected chi connectivity index (χ4v) is 3.08. The maximum atomic E-state index is 12.7. The van der Waals surface area contributed by atoms with Crippen LogP contribution in [0.25, 0.3) is 0 Å². The summed E-state index contributed by atoms with van der Waals surface area (Å²) in [5, 5.41) is 5.80. The number of carbonyl (C=O) groups excluding carboxylic acids is 2. The van der Waals surface area contributed by atoms with E-state index in [1.54, 1.807) is 24.3 Å². The van der Waals surface area contributed by atoms with Gasteiger partial charge in [-0.2, -0.15) is 0 Å². The highest BCUT2D eigenvalue weighted by Crippen LogP contribution is 2.30. The number of hydrogen-bond acceptors (Lipinski definition) is 3. The lowest BCUT2D eigenvalue weighted by molar-refractivity contribution is -0.117. The summed E-state index contributed by atoms with van der Waals surface area (Å²) in [4.78, 5) is 24.6. The second-order valence-corrected chi connectivity index (χ2v) is 7.57. The van der Waals surface area contributed by atoms with Crippen molar-refractivity contribution in [2.24, 2.45) is 5.92 Å². The highest BCUT2D eigenvalue weighted by Gasteiger charge is 2.29. The van der Waals surface area contributed by atoms with Crippen molar-refractivity contribution in [2.75, 3.05) is 10.6 Å². The predicted molar refractivity (Wildman–Crippen MR) is 118 cm³/mol. The van der Waals surface area contributed by atoms with Gasteiger partial charge in [-0.1, -0.05) is 36.4 Å². The predicted octanol–water partition coefficient (Wildman–Crippen LogP) is 5.17. The minimum absolute atomic E-state index is 0.0482. The van der Waals surface area contributed by atoms with Crippen LogP contribution in [0.3, 0.4) is 0 Å². The maximum absolute atomic E-state index is 12.7. The smallest absolute Gasteiger partial charge is 0.255 e. The Morgan fingerprint density at radius 2 is 1.67 bits per heavy atom. The molecule has 1 aliphatic carbocycles. The summed E-state index contributed by atoms with van der Waals surface area (Å²) in [5.74, 6) is 0.583. The van der Waals surface area contributed by atoms with Crippen LogP contribution in [-0.2, 0) is 11.4 Å². The molecule has 152 valence electrons. The van der Waals surface area contributed by atoms with Crippen LogP contribution in [0.4, 0.5) is 11.4 Å². The minimum Gasteiger partial charge on any atom is -0.487 e. The van der Waals surface area contributed by atoms with Crippen molar-refractivity contribution < 1.29 is 14.3 Å². The van der Waals surface area contributed by atoms with Crippen LogP contribution in [0.15, 0.2) is 72.8 Å². The van der Waals surface area contributed by atoms with Gasteiger partial charge in [0.15, 0.2) is 0 Å². The minimum atomic E-state index is -0.233. The van der Waals surface area contributed by atoms with Gasteiger partial charge in [-0.15, -0.1) is 0 Å². The van der Waals surface area contributed by atoms with Crippen LogP contribution in [0.5, 0.6) is 5.75 Å². The van der Waals surface area contributed by atoms with E-state index in [2.05, 4.69) is 10.6 Å². The molecule has 1 saturated carbocycles. The second kappa shape index (κ2) is 8.82. The summed E-state index contributed by atoms with van der Waals surface area (Å²) in [6, 6.07) is 22.5. The number of ether oxygens (including phenoxy) is 1. The summed E-state index contributed by atoms with van der Waals surface area (Å²) in [6.45, 7) is 2.40. The fraction of sp³-hybridized carbons (Fsp3) is 0.200. The summed E-state index contributed by atoms with van der Waals surface area (Å²) in [7, 11) is 0. The molecular formula is C25H24N2O3. The Morgan fingerprint density at radius 3 is 2.37 bits per heavy atom. The van der Waals surface area contributed by atoms with Gasteiger partial charge < -0.3 is 15.4 Å². The first-order valence-corrected chi connectivity index (χ1v) is 10.1. The van der Waals surface area contributed by atoms with Crippen LogP contribution >= 0.6 is 0 Å². The first kappa shape index (κ1) is 19.7. The van der Waals surface area contributed by atoms with Gasteiger partial charge in [-0.05, 0) is 67.3 Å². The van der Waals surface area contributed by atoms with Crippen molar-refractivity contribution >= 4 is 23.2 Å². The number of benzene rings is 3. The lowest BCUT2D eigenvalue weighted by atomic mass is 10.1. The van der Waals surface area contributed by atoms with Crippen molar-refractivity contribution in [1.29, 1.82) is 0 Å². The van der Waals surface area contributed by atoms with Crippen molar-refractivity contribution in [3.05, 3.63) is 89.5 Å². The molecule has 0 atom stereocenters. The zero-order valence-electron chi connectivity index (χ0n) is 16.9. The van der Waals surface area contributed by atoms with E-state index in [0.29, 0.717) is 29.3 Å². The molecule has 30 heavy (non-hydrogen) atoms. The van der Waals surface area contributed by atoms with Gasteiger partial charge in [0.2, 0.25) is 5.91 Å². The van der Waals surface area contributed by atoms with E-state index in [1.807, 2.05) is 55.5 Å². The molecule has 2 amide bonds. The molecule has 5 nitrogen and oxygen atoms in total. The Hall–Kier alpha value is -3.60. The van der Waals surface area contributed by atoms with Crippen LogP contribution in [-0.4, -0.2) is 11.8 Å². The molecule has 1 fully saturated rings. The Morgan fingerprint density at radius 1 is 0.933 bits per heavy atom. The van der Waals surface area contributed by atoms with Crippen molar-refractivity contribution in [1.82, 2.24) is 0 Å². The normalized spacial score (nSPS) is 12.8. The van der Waals surface area contributed by atoms with Crippen molar-refractivity contribution in [3.63, 3.8) is 0 Å². The van der Waals surface area contributed by atoms with Gasteiger partial charge in [0.1, 0.15) is 12.4 Å². The number of carbonyl (C=O) groups is 2. The summed E-state index contributed by atoms with van der Waals surface area (Å²) in [6.07, 6.45) is 1.91. The number of aryl methyl sites for hydroxylation is 1. The number of nitrogens with one attached hydrogen (secondary N) is 2. The van der Waals surface area contributed by atoms with E-state index in [9.17, 15) is 9.59 Å². The van der Waals surface area contributed by atoms with Crippen LogP contribution in [0.2, 0.25) is 0 Å². The van der Waals surface area contributed by atoms with Crippen LogP contribution < -0.4 is 15.4 Å². The molecule has 0 spiro atoms. The molecule has 4 rings (SSSR count). The van der Waals surface area contributed by atoms with E-state index in [1.165, 1.54) is 0 Å². The largest absolute Gasteiger partial charge is 0.487 e. The molecule has 0 saturated heterocycles. The topological polar surface area (TPSA) is 67.4 Å². The monoisotopic (exact) mass is 400 g/mol. The van der Waals surface area contributed by atoms with Gasteiger partial charge in [-0.25, -0.2) is 0 Å². The highest BCUT2D eigenvalue weighted by molar-refractivity contribution is 6.05. The number of amides is 2. The number of rotatable bonds is 7. The Balaban J connectivity index is 1.42. The number of anilines is 2. The number of hydrogen-bond donors (Lipinski definition) is 2. The second-order valence-electron chi connectivity index (χ2n) is 7.57. The first-order chi connectivity index (χ1) is 14.6. The van der Waals surface area contributed by atoms with Gasteiger partial charge in [-0.3, -0.25) is 9.59 Å². The molecule has 5 heteroatoms. The maximum Gasteiger partial charge on any atom is 0.255 e. The molecular weight excluding hydrogens is 376 g/mol. The lowest BCUT2D eigenvalue weighted by Crippen LogP contribution is -2.15. The van der Waals surface area contributed by atoms with Gasteiger partial charge in [0, 0.05) is 17.2 Å². The molecule has 1 aliphatic rings. The fourth-order valence-electron chi connectivity index (χ4n) is 3.08. The first-order valence-electron chi connectivity index (χ1n) is 10.1. The summed E-state index contributed by atoms with van der Waals surface area (Å²) >= 11 is 0. The third-order valence-corrected chi connectivity index (χ3v) is 4.99. The molecule has 0 radical (unpaired) electrons. The van der Waals surface area contributed by atoms with E-state index in [4.69, 9.17) is 4.74 Å². The average Bonchev–Trinajstić information content (AvgIpc) is 3.61. The van der Waals surface area contributed by atoms with Gasteiger partial charge >= 0.3 is 0 Å². The van der Waals surface area contributed by atoms with Crippen molar-refractivity contribution in [2.45, 2.75) is 26.4 Å². The molecule has 2 N–H and O–H groups in total. The Bertz CT molecular complexity index is 1040. The zero-order valence-corrected chi connectivity index (χ0v) is 16.9. The molecule has 0 aromatic heterocycles. The quantitative estimate of drug-likeness (QED) is 0.575. The van der Waals surface area contributed by atoms with Crippen LogP contribution in [0, 0.1) is 12.8 Å². The zero-order chi connectivity index (χ0) is 20.9. The third-order valence-electron chi connectivity index (χ3n) is 4.99. The van der Waals surface area contributed by atoms with E-state index < -0.39 is 0 Å². The third kappa shape index (κ3) is 5.06. The van der Waals surface area contributed by atoms with Crippen LogP contribution in [0.1, 0.15) is 34.3 Å². The molecule has 3 aromatic carbocycles. The van der Waals surface area contributed by atoms with E-state index in [-0.39, 0.29) is 17.7 Å². The molecule has 0 unspecified atom stereocenters. The highest BCUT2D eigenvalue weighted by atomic mass is 16.5. The Kier molecular flexibility index (Phi) is 5.80. The molecule has 0 aliphatic heterocycles. The summed E-state index contributed by atoms with van der Waals surface area (Å²) < 4.78 is 5.97. The Labute approximate surface area is 176 Å². The molecule has 3 aromatic rings. The molecule has 0 heterocycles. The van der Waals surface area contributed by atoms with E-state index in [0.717, 1.165) is 24.0 Å². The van der Waals surface area contributed by atoms with Crippen molar-refractivity contribution in [3.8, 4) is 5.75 Å². The lowest BCUT2D eigenvalue weighted by Gasteiger charge is -2.14. The standard InChI is InChI=1S/C25H24N2O3/c1-17-7-14-22(23(15-17)30-16-18-5-3-2-4-6-18)27-25(29)20-10-12-21(13-11-20)26-24(28)19-8-9-19/h2-7,10-15,19H,8-9,16H2,1H3,(H,26,28)(H,27,29). The van der Waals surface area contributed by atoms with Gasteiger partial charge in [0.05, 0.1) is 5.69 Å².